The molecule has 7 nitrogen and oxygen atoms in total. The monoisotopic (exact) mass is 413 g/mol. The number of halogens is 1. The molecule has 1 fully saturated rings. The van der Waals surface area contributed by atoms with Crippen LogP contribution >= 0.6 is 0 Å². The molecule has 1 atom stereocenters. The summed E-state index contributed by atoms with van der Waals surface area (Å²) in [5, 5.41) is 7.27. The molecule has 1 aromatic heterocycles. The Hall–Kier alpha value is -2.74. The van der Waals surface area contributed by atoms with E-state index in [1.165, 1.54) is 12.1 Å². The lowest BCUT2D eigenvalue weighted by molar-refractivity contribution is 0.0661. The first-order valence-electron chi connectivity index (χ1n) is 10.5. The summed E-state index contributed by atoms with van der Waals surface area (Å²) in [7, 11) is 2.06. The number of carbonyl (C=O) groups excluding carboxylic acids is 2. The molecule has 1 N–H and O–H groups in total. The first-order valence-corrected chi connectivity index (χ1v) is 10.5. The minimum atomic E-state index is -0.505. The molecule has 0 spiro atoms. The van der Waals surface area contributed by atoms with Crippen LogP contribution in [0.4, 0.5) is 4.39 Å². The maximum atomic E-state index is 14.0. The molecule has 1 aromatic carbocycles. The van der Waals surface area contributed by atoms with Crippen LogP contribution in [-0.2, 0) is 13.0 Å². The van der Waals surface area contributed by atoms with Crippen molar-refractivity contribution in [1.82, 2.24) is 24.9 Å². The van der Waals surface area contributed by atoms with Gasteiger partial charge in [-0.15, -0.1) is 0 Å². The van der Waals surface area contributed by atoms with Gasteiger partial charge in [-0.25, -0.2) is 4.39 Å². The number of nitrogens with zero attached hydrogens (tertiary/aromatic N) is 4. The van der Waals surface area contributed by atoms with Crippen LogP contribution in [0.5, 0.6) is 0 Å². The summed E-state index contributed by atoms with van der Waals surface area (Å²) in [6.07, 6.45) is 3.21. The van der Waals surface area contributed by atoms with E-state index in [0.717, 1.165) is 43.9 Å². The van der Waals surface area contributed by atoms with Gasteiger partial charge in [0.15, 0.2) is 0 Å². The number of likely N-dealkylation sites (N-methyl/N-ethyl adjacent to an activating group) is 1. The Balaban J connectivity index is 1.39. The average Bonchev–Trinajstić information content (AvgIpc) is 3.15. The van der Waals surface area contributed by atoms with E-state index in [2.05, 4.69) is 22.4 Å². The quantitative estimate of drug-likeness (QED) is 0.829. The Labute approximate surface area is 175 Å². The number of piperazine rings is 1. The van der Waals surface area contributed by atoms with Crippen LogP contribution in [0.2, 0.25) is 0 Å². The van der Waals surface area contributed by atoms with E-state index in [0.29, 0.717) is 25.1 Å². The van der Waals surface area contributed by atoms with Gasteiger partial charge in [-0.3, -0.25) is 14.3 Å². The second-order valence-electron chi connectivity index (χ2n) is 8.38. The van der Waals surface area contributed by atoms with Crippen molar-refractivity contribution in [2.75, 3.05) is 39.8 Å². The molecule has 0 bridgehead atoms. The first kappa shape index (κ1) is 20.5. The Bertz CT molecular complexity index is 949. The first-order chi connectivity index (χ1) is 14.4. The maximum Gasteiger partial charge on any atom is 0.257 e. The molecular formula is C22H28FN5O2. The number of benzene rings is 1. The molecular weight excluding hydrogens is 385 g/mol. The highest BCUT2D eigenvalue weighted by molar-refractivity contribution is 5.95. The molecule has 2 aliphatic rings. The van der Waals surface area contributed by atoms with Crippen molar-refractivity contribution in [1.29, 1.82) is 0 Å². The Morgan fingerprint density at radius 2 is 1.93 bits per heavy atom. The molecule has 1 saturated heterocycles. The van der Waals surface area contributed by atoms with E-state index in [1.807, 2.05) is 9.58 Å². The number of nitrogens with one attached hydrogen (secondary N) is 1. The lowest BCUT2D eigenvalue weighted by Crippen LogP contribution is -2.47. The molecule has 0 aliphatic carbocycles. The topological polar surface area (TPSA) is 70.5 Å². The summed E-state index contributed by atoms with van der Waals surface area (Å²) in [5.74, 6) is -0.684. The number of amides is 2. The van der Waals surface area contributed by atoms with Gasteiger partial charge in [0.1, 0.15) is 5.82 Å². The van der Waals surface area contributed by atoms with E-state index in [9.17, 15) is 14.0 Å². The van der Waals surface area contributed by atoms with Crippen LogP contribution in [0.15, 0.2) is 24.4 Å². The largest absolute Gasteiger partial charge is 0.352 e. The van der Waals surface area contributed by atoms with Gasteiger partial charge in [-0.1, -0.05) is 6.07 Å². The molecule has 0 radical (unpaired) electrons. The van der Waals surface area contributed by atoms with Crippen LogP contribution in [0.1, 0.15) is 38.4 Å². The predicted octanol–water partition coefficient (Wildman–Crippen LogP) is 1.71. The lowest BCUT2D eigenvalue weighted by Gasteiger charge is -2.32. The van der Waals surface area contributed by atoms with Gasteiger partial charge in [-0.05, 0) is 50.4 Å². The van der Waals surface area contributed by atoms with Crippen molar-refractivity contribution in [3.63, 3.8) is 0 Å². The molecule has 2 aromatic rings. The van der Waals surface area contributed by atoms with Gasteiger partial charge in [-0.2, -0.15) is 5.10 Å². The summed E-state index contributed by atoms with van der Waals surface area (Å²) in [4.78, 5) is 29.5. The highest BCUT2D eigenvalue weighted by atomic mass is 19.1. The third-order valence-corrected chi connectivity index (χ3v) is 6.12. The fourth-order valence-corrected chi connectivity index (χ4v) is 4.17. The van der Waals surface area contributed by atoms with Crippen LogP contribution in [0.25, 0.3) is 0 Å². The van der Waals surface area contributed by atoms with E-state index in [-0.39, 0.29) is 17.4 Å². The Kier molecular flexibility index (Phi) is 5.85. The Morgan fingerprint density at radius 1 is 1.17 bits per heavy atom. The molecule has 4 rings (SSSR count). The molecule has 160 valence electrons. The van der Waals surface area contributed by atoms with E-state index >= 15 is 0 Å². The summed E-state index contributed by atoms with van der Waals surface area (Å²) >= 11 is 0. The number of rotatable bonds is 4. The second-order valence-corrected chi connectivity index (χ2v) is 8.38. The zero-order valence-corrected chi connectivity index (χ0v) is 17.5. The molecule has 3 heterocycles. The minimum Gasteiger partial charge on any atom is -0.352 e. The fraction of sp³-hybridized carbons (Fsp3) is 0.500. The summed E-state index contributed by atoms with van der Waals surface area (Å²) < 4.78 is 16.0. The van der Waals surface area contributed by atoms with Gasteiger partial charge >= 0.3 is 0 Å². The molecule has 0 unspecified atom stereocenters. The van der Waals surface area contributed by atoms with Gasteiger partial charge in [0.25, 0.3) is 11.8 Å². The third-order valence-electron chi connectivity index (χ3n) is 6.12. The summed E-state index contributed by atoms with van der Waals surface area (Å²) in [5.41, 5.74) is 2.45. The van der Waals surface area contributed by atoms with Crippen molar-refractivity contribution in [2.45, 2.75) is 26.3 Å². The standard InChI is InChI=1S/C22H28FN5O2/c1-15-3-4-17(19(23)11-15)21(29)24-13-16-5-6-28-20(12-16)18(14-25-28)22(30)27-9-7-26(2)8-10-27/h3-4,11,14,16H,5-10,12-13H2,1-2H3,(H,24,29)/t16-/m0/s1. The smallest absolute Gasteiger partial charge is 0.257 e. The van der Waals surface area contributed by atoms with Gasteiger partial charge in [0, 0.05) is 39.3 Å². The second kappa shape index (κ2) is 8.55. The van der Waals surface area contributed by atoms with E-state index in [4.69, 9.17) is 0 Å². The van der Waals surface area contributed by atoms with Crippen molar-refractivity contribution in [2.24, 2.45) is 5.92 Å². The lowest BCUT2D eigenvalue weighted by atomic mass is 9.94. The van der Waals surface area contributed by atoms with Gasteiger partial charge < -0.3 is 15.1 Å². The molecule has 8 heteroatoms. The van der Waals surface area contributed by atoms with Crippen LogP contribution in [0, 0.1) is 18.7 Å². The number of hydrogen-bond acceptors (Lipinski definition) is 4. The molecule has 2 aliphatic heterocycles. The number of aryl methyl sites for hydroxylation is 2. The summed E-state index contributed by atoms with van der Waals surface area (Å²) in [6.45, 7) is 6.14. The van der Waals surface area contributed by atoms with Crippen LogP contribution in [-0.4, -0.2) is 71.2 Å². The van der Waals surface area contributed by atoms with Crippen molar-refractivity contribution >= 4 is 11.8 Å². The predicted molar refractivity (Wildman–Crippen MR) is 111 cm³/mol. The number of hydrogen-bond donors (Lipinski definition) is 1. The molecule has 2 amide bonds. The normalized spacial score (nSPS) is 19.4. The van der Waals surface area contributed by atoms with E-state index in [1.54, 1.807) is 19.2 Å². The van der Waals surface area contributed by atoms with Crippen molar-refractivity contribution in [3.8, 4) is 0 Å². The van der Waals surface area contributed by atoms with Crippen molar-refractivity contribution < 1.29 is 14.0 Å². The fourth-order valence-electron chi connectivity index (χ4n) is 4.17. The van der Waals surface area contributed by atoms with Crippen molar-refractivity contribution in [3.05, 3.63) is 52.6 Å². The SMILES string of the molecule is Cc1ccc(C(=O)NC[C@H]2CCn3ncc(C(=O)N4CCN(C)CC4)c3C2)c(F)c1. The number of carbonyl (C=O) groups is 2. The van der Waals surface area contributed by atoms with Gasteiger partial charge in [0.2, 0.25) is 0 Å². The summed E-state index contributed by atoms with van der Waals surface area (Å²) in [6, 6.07) is 4.61. The van der Waals surface area contributed by atoms with Crippen LogP contribution < -0.4 is 5.32 Å². The highest BCUT2D eigenvalue weighted by Crippen LogP contribution is 2.24. The minimum absolute atomic E-state index is 0.0377. The molecule has 0 saturated carbocycles. The van der Waals surface area contributed by atoms with E-state index < -0.39 is 11.7 Å². The molecule has 30 heavy (non-hydrogen) atoms. The zero-order valence-electron chi connectivity index (χ0n) is 17.5. The highest BCUT2D eigenvalue weighted by Gasteiger charge is 2.29. The van der Waals surface area contributed by atoms with Gasteiger partial charge in [0.05, 0.1) is 23.0 Å². The average molecular weight is 413 g/mol. The number of fused-ring (bicyclic) bond motifs is 1. The zero-order chi connectivity index (χ0) is 21.3. The third kappa shape index (κ3) is 4.23. The van der Waals surface area contributed by atoms with Crippen LogP contribution in [0.3, 0.4) is 0 Å². The maximum absolute atomic E-state index is 14.0. The number of aromatic nitrogens is 2. The Morgan fingerprint density at radius 3 is 2.67 bits per heavy atom.